The zero-order chi connectivity index (χ0) is 43.8. The fraction of sp³-hybridized carbons (Fsp3) is 0.156. The normalized spacial score (nSPS) is 13.5. The highest BCUT2D eigenvalue weighted by molar-refractivity contribution is 6.35. The maximum atomic E-state index is 14.0. The van der Waals surface area contributed by atoms with Crippen LogP contribution < -0.4 is 19.3 Å². The summed E-state index contributed by atoms with van der Waals surface area (Å²) in [6, 6.07) is 21.9. The highest BCUT2D eigenvalue weighted by Gasteiger charge is 2.27. The van der Waals surface area contributed by atoms with Gasteiger partial charge in [0.1, 0.15) is 45.8 Å². The quantitative estimate of drug-likeness (QED) is 0.157. The number of pyridine rings is 2. The standard InChI is InChI=1S/C23H17ClFN3O4.C22H15ClFN3O4/c1-30-23(29)14-11-20(28-8-3-9-31-19-7-6-13(25)10-18(19)28)26-12-15(14)22-27-17-5-2-4-16(24)21(17)32-22;23-15-3-1-4-16-20(15)31-21(26-16)14-11-25-19(10-13(14)22(28)29)27-7-2-8-30-18-6-5-12(24)9-17(18)27/h2,4-7,10-12H,3,8-9H2,1H3;1,3-6,9-11H,2,7-8H2,(H,28,29). The molecule has 0 amide bonds. The highest BCUT2D eigenvalue weighted by Crippen LogP contribution is 2.40. The van der Waals surface area contributed by atoms with Gasteiger partial charge in [-0.05, 0) is 73.5 Å². The predicted octanol–water partition coefficient (Wildman–Crippen LogP) is 10.7. The number of halogens is 4. The molecule has 0 aliphatic carbocycles. The molecule has 0 fully saturated rings. The van der Waals surface area contributed by atoms with Crippen LogP contribution >= 0.6 is 23.2 Å². The van der Waals surface area contributed by atoms with Crippen LogP contribution in [0.3, 0.4) is 0 Å². The number of carbonyl (C=O) groups is 2. The van der Waals surface area contributed by atoms with Gasteiger partial charge < -0.3 is 38.0 Å². The van der Waals surface area contributed by atoms with Crippen LogP contribution in [0.5, 0.6) is 11.5 Å². The van der Waals surface area contributed by atoms with Gasteiger partial charge in [0, 0.05) is 37.6 Å². The Kier molecular flexibility index (Phi) is 11.2. The van der Waals surface area contributed by atoms with E-state index in [1.54, 1.807) is 59.5 Å². The number of esters is 1. The Labute approximate surface area is 366 Å². The number of aromatic nitrogens is 4. The molecular weight excluding hydrogens is 861 g/mol. The number of fused-ring (bicyclic) bond motifs is 4. The maximum absolute atomic E-state index is 14.0. The summed E-state index contributed by atoms with van der Waals surface area (Å²) in [4.78, 5) is 46.0. The minimum absolute atomic E-state index is 0.0456. The molecule has 4 aromatic carbocycles. The summed E-state index contributed by atoms with van der Waals surface area (Å²) < 4.78 is 55.8. The van der Waals surface area contributed by atoms with Crippen molar-refractivity contribution in [1.29, 1.82) is 0 Å². The van der Waals surface area contributed by atoms with Crippen molar-refractivity contribution in [3.63, 3.8) is 0 Å². The van der Waals surface area contributed by atoms with Crippen LogP contribution in [0.2, 0.25) is 10.0 Å². The van der Waals surface area contributed by atoms with Crippen LogP contribution in [0.25, 0.3) is 45.1 Å². The molecule has 0 spiro atoms. The van der Waals surface area contributed by atoms with Crippen molar-refractivity contribution in [2.24, 2.45) is 0 Å². The molecule has 0 unspecified atom stereocenters. The molecule has 0 bridgehead atoms. The monoisotopic (exact) mass is 892 g/mol. The van der Waals surface area contributed by atoms with Crippen LogP contribution in [0.15, 0.2) is 106 Å². The zero-order valence-corrected chi connectivity index (χ0v) is 34.5. The predicted molar refractivity (Wildman–Crippen MR) is 230 cm³/mol. The third-order valence-electron chi connectivity index (χ3n) is 10.2. The van der Waals surface area contributed by atoms with Crippen LogP contribution in [-0.4, -0.2) is 70.4 Å². The lowest BCUT2D eigenvalue weighted by Gasteiger charge is -2.23. The fourth-order valence-corrected chi connectivity index (χ4v) is 7.63. The number of carboxylic acid groups (broad SMARTS) is 1. The van der Waals surface area contributed by atoms with Crippen molar-refractivity contribution in [3.8, 4) is 34.4 Å². The van der Waals surface area contributed by atoms with Crippen molar-refractivity contribution < 1.29 is 46.5 Å². The van der Waals surface area contributed by atoms with E-state index in [0.717, 1.165) is 0 Å². The molecule has 2 aliphatic heterocycles. The van der Waals surface area contributed by atoms with E-state index in [9.17, 15) is 23.5 Å². The number of carboxylic acids is 1. The molecule has 10 rings (SSSR count). The van der Waals surface area contributed by atoms with E-state index in [0.29, 0.717) is 111 Å². The highest BCUT2D eigenvalue weighted by atomic mass is 35.5. The minimum atomic E-state index is -1.17. The number of aromatic carboxylic acids is 1. The molecule has 1 N–H and O–H groups in total. The average molecular weight is 894 g/mol. The molecule has 0 atom stereocenters. The number of ether oxygens (including phenoxy) is 3. The molecule has 6 heterocycles. The summed E-state index contributed by atoms with van der Waals surface area (Å²) in [6.07, 6.45) is 4.23. The Morgan fingerprint density at radius 1 is 0.683 bits per heavy atom. The lowest BCUT2D eigenvalue weighted by molar-refractivity contribution is 0.0600. The Morgan fingerprint density at radius 3 is 1.62 bits per heavy atom. The molecule has 0 radical (unpaired) electrons. The SMILES string of the molecule is COC(=O)c1cc(N2CCCOc3ccc(F)cc32)ncc1-c1nc2cccc(Cl)c2o1.O=C(O)c1cc(N2CCCOc3ccc(F)cc32)ncc1-c1nc2cccc(Cl)c2o1. The summed E-state index contributed by atoms with van der Waals surface area (Å²) >= 11 is 12.3. The summed E-state index contributed by atoms with van der Waals surface area (Å²) in [5.74, 6) is -0.421. The smallest absolute Gasteiger partial charge is 0.338 e. The first-order chi connectivity index (χ1) is 30.6. The molecule has 0 saturated carbocycles. The first kappa shape index (κ1) is 41.1. The van der Waals surface area contributed by atoms with Gasteiger partial charge in [0.15, 0.2) is 11.2 Å². The second-order valence-electron chi connectivity index (χ2n) is 14.1. The number of benzene rings is 4. The third-order valence-corrected chi connectivity index (χ3v) is 10.7. The van der Waals surface area contributed by atoms with Crippen molar-refractivity contribution in [2.75, 3.05) is 43.2 Å². The fourth-order valence-electron chi connectivity index (χ4n) is 7.22. The second-order valence-corrected chi connectivity index (χ2v) is 14.9. The topological polar surface area (TPSA) is 166 Å². The van der Waals surface area contributed by atoms with E-state index in [1.807, 2.05) is 4.90 Å². The number of oxazole rings is 2. The van der Waals surface area contributed by atoms with Gasteiger partial charge in [-0.1, -0.05) is 35.3 Å². The van der Waals surface area contributed by atoms with E-state index in [-0.39, 0.29) is 28.5 Å². The Bertz CT molecular complexity index is 3070. The summed E-state index contributed by atoms with van der Waals surface area (Å²) in [7, 11) is 1.29. The van der Waals surface area contributed by atoms with Gasteiger partial charge in [-0.2, -0.15) is 0 Å². The molecule has 4 aromatic heterocycles. The van der Waals surface area contributed by atoms with Crippen molar-refractivity contribution in [2.45, 2.75) is 12.8 Å². The van der Waals surface area contributed by atoms with Crippen LogP contribution in [0.4, 0.5) is 31.8 Å². The lowest BCUT2D eigenvalue weighted by Crippen LogP contribution is -2.20. The third kappa shape index (κ3) is 8.13. The Balaban J connectivity index is 0.000000160. The summed E-state index contributed by atoms with van der Waals surface area (Å²) in [5.41, 5.74) is 3.62. The average Bonchev–Trinajstić information content (AvgIpc) is 3.81. The minimum Gasteiger partial charge on any atom is -0.491 e. The first-order valence-electron chi connectivity index (χ1n) is 19.4. The molecule has 63 heavy (non-hydrogen) atoms. The number of carbonyl (C=O) groups excluding carboxylic acids is 1. The second kappa shape index (κ2) is 17.2. The van der Waals surface area contributed by atoms with Gasteiger partial charge >= 0.3 is 11.9 Å². The number of rotatable bonds is 6. The van der Waals surface area contributed by atoms with Gasteiger partial charge in [-0.3, -0.25) is 0 Å². The number of methoxy groups -OCH3 is 1. The molecule has 0 saturated heterocycles. The largest absolute Gasteiger partial charge is 0.491 e. The first-order valence-corrected chi connectivity index (χ1v) is 20.1. The summed E-state index contributed by atoms with van der Waals surface area (Å²) in [5, 5.41) is 10.6. The Hall–Kier alpha value is -7.30. The van der Waals surface area contributed by atoms with Gasteiger partial charge in [0.25, 0.3) is 0 Å². The van der Waals surface area contributed by atoms with Crippen LogP contribution in [0, 0.1) is 11.6 Å². The van der Waals surface area contributed by atoms with Crippen LogP contribution in [-0.2, 0) is 4.74 Å². The van der Waals surface area contributed by atoms with Gasteiger partial charge in [-0.15, -0.1) is 0 Å². The van der Waals surface area contributed by atoms with Gasteiger partial charge in [0.2, 0.25) is 11.8 Å². The van der Waals surface area contributed by atoms with Crippen molar-refractivity contribution in [1.82, 2.24) is 19.9 Å². The molecule has 2 aliphatic rings. The maximum Gasteiger partial charge on any atom is 0.338 e. The number of nitrogens with zero attached hydrogens (tertiary/aromatic N) is 6. The van der Waals surface area contributed by atoms with Crippen LogP contribution in [0.1, 0.15) is 33.6 Å². The van der Waals surface area contributed by atoms with Gasteiger partial charge in [-0.25, -0.2) is 38.3 Å². The van der Waals surface area contributed by atoms with Crippen molar-refractivity contribution >= 4 is 80.4 Å². The van der Waals surface area contributed by atoms with E-state index < -0.39 is 23.6 Å². The molecule has 14 nitrogen and oxygen atoms in total. The molecular formula is C45H32Cl2F2N6O8. The molecule has 8 aromatic rings. The van der Waals surface area contributed by atoms with Gasteiger partial charge in [0.05, 0.1) is 64.0 Å². The molecule has 18 heteroatoms. The van der Waals surface area contributed by atoms with E-state index in [2.05, 4.69) is 19.9 Å². The van der Waals surface area contributed by atoms with E-state index in [4.69, 9.17) is 46.2 Å². The Morgan fingerprint density at radius 2 is 1.16 bits per heavy atom. The summed E-state index contributed by atoms with van der Waals surface area (Å²) in [6.45, 7) is 1.96. The number of para-hydroxylation sites is 2. The van der Waals surface area contributed by atoms with E-state index in [1.165, 1.54) is 49.8 Å². The number of anilines is 4. The van der Waals surface area contributed by atoms with E-state index >= 15 is 0 Å². The lowest BCUT2D eigenvalue weighted by atomic mass is 10.1. The number of hydrogen-bond acceptors (Lipinski definition) is 13. The zero-order valence-electron chi connectivity index (χ0n) is 33.0. The van der Waals surface area contributed by atoms with Crippen molar-refractivity contribution in [3.05, 3.63) is 130 Å². The number of hydrogen-bond donors (Lipinski definition) is 1. The molecule has 318 valence electrons.